The Morgan fingerprint density at radius 1 is 0.256 bits per heavy atom. The Kier molecular flexibility index (Phi) is 67.6. The Hall–Kier alpha value is -3.15. The maximum Gasteiger partial charge on any atom is 0.306 e. The molecule has 0 fully saturated rings. The van der Waals surface area contributed by atoms with Gasteiger partial charge in [0.25, 0.3) is 0 Å². The van der Waals surface area contributed by atoms with Crippen LogP contribution in [-0.2, 0) is 28.6 Å². The zero-order valence-electron chi connectivity index (χ0n) is 54.8. The van der Waals surface area contributed by atoms with Crippen molar-refractivity contribution in [2.24, 2.45) is 0 Å². The lowest BCUT2D eigenvalue weighted by Crippen LogP contribution is -2.30. The molecule has 0 saturated heterocycles. The van der Waals surface area contributed by atoms with Crippen LogP contribution in [0.4, 0.5) is 0 Å². The van der Waals surface area contributed by atoms with Crippen LogP contribution >= 0.6 is 0 Å². The van der Waals surface area contributed by atoms with Crippen LogP contribution < -0.4 is 0 Å². The summed E-state index contributed by atoms with van der Waals surface area (Å²) in [6, 6.07) is 0. The lowest BCUT2D eigenvalue weighted by Gasteiger charge is -2.18. The smallest absolute Gasteiger partial charge is 0.306 e. The highest BCUT2D eigenvalue weighted by atomic mass is 16.6. The number of hydrogen-bond donors (Lipinski definition) is 0. The van der Waals surface area contributed by atoms with Crippen LogP contribution in [0.15, 0.2) is 72.9 Å². The maximum absolute atomic E-state index is 12.9. The molecule has 1 unspecified atom stereocenters. The molecule has 0 aromatic carbocycles. The third kappa shape index (κ3) is 67.6. The van der Waals surface area contributed by atoms with Crippen LogP contribution in [0.3, 0.4) is 0 Å². The number of carbonyl (C=O) groups is 3. The summed E-state index contributed by atoms with van der Waals surface area (Å²) < 4.78 is 16.9. The second-order valence-corrected chi connectivity index (χ2v) is 24.1. The summed E-state index contributed by atoms with van der Waals surface area (Å²) in [5.74, 6) is -0.906. The Bertz CT molecular complexity index is 1500. The minimum atomic E-state index is -0.795. The van der Waals surface area contributed by atoms with Crippen LogP contribution in [0.2, 0.25) is 0 Å². The molecule has 6 nitrogen and oxygen atoms in total. The monoisotopic (exact) mass is 1150 g/mol. The van der Waals surface area contributed by atoms with Crippen molar-refractivity contribution >= 4 is 17.9 Å². The van der Waals surface area contributed by atoms with E-state index in [4.69, 9.17) is 14.2 Å². The third-order valence-corrected chi connectivity index (χ3v) is 15.9. The Labute approximate surface area is 510 Å². The van der Waals surface area contributed by atoms with Gasteiger partial charge in [0.1, 0.15) is 13.2 Å². The molecule has 0 heterocycles. The standard InChI is InChI=1S/C76H136O6/c1-4-7-10-13-16-19-22-25-28-31-32-33-34-35-36-37-38-39-40-41-42-43-44-46-48-51-54-57-60-63-66-69-75(78)81-72-73(71-80-74(77)68-65-62-59-56-53-50-47-30-27-24-21-18-15-12-9-6-3)82-76(79)70-67-64-61-58-55-52-49-45-29-26-23-20-17-14-11-8-5-2/h8,11,17,20-21,24,26,29-30,47,49,52,73H,4-7,9-10,12-16,18-19,22-23,25,27-28,31-46,48,50-51,53-72H2,1-3H3/b11-8-,20-17-,24-21-,29-26-,47-30-,52-49-. The quantitative estimate of drug-likeness (QED) is 0.0261. The SMILES string of the molecule is CC/C=C\C/C=C\C/C=C\C/C=C\CCCCCCC(=O)OC(COC(=O)CCCCCCC/C=C\C/C=C\CCCCCC)COC(=O)CCCCCCCCCCCCCCCCCCCCCCCCCCCCCCCCC. The normalized spacial score (nSPS) is 12.5. The molecular formula is C76H136O6. The molecule has 0 aliphatic heterocycles. The fourth-order valence-electron chi connectivity index (χ4n) is 10.6. The van der Waals surface area contributed by atoms with Crippen LogP contribution in [0.5, 0.6) is 0 Å². The molecule has 0 N–H and O–H groups in total. The van der Waals surface area contributed by atoms with Crippen LogP contribution in [0.25, 0.3) is 0 Å². The third-order valence-electron chi connectivity index (χ3n) is 15.9. The summed E-state index contributed by atoms with van der Waals surface area (Å²) in [4.78, 5) is 38.4. The van der Waals surface area contributed by atoms with E-state index in [1.165, 1.54) is 218 Å². The number of carbonyl (C=O) groups excluding carboxylic acids is 3. The molecule has 0 aliphatic carbocycles. The Morgan fingerprint density at radius 2 is 0.476 bits per heavy atom. The van der Waals surface area contributed by atoms with Crippen molar-refractivity contribution in [1.82, 2.24) is 0 Å². The lowest BCUT2D eigenvalue weighted by molar-refractivity contribution is -0.167. The molecule has 0 rings (SSSR count). The van der Waals surface area contributed by atoms with Gasteiger partial charge in [-0.25, -0.2) is 0 Å². The number of unbranched alkanes of at least 4 members (excludes halogenated alkanes) is 43. The lowest BCUT2D eigenvalue weighted by atomic mass is 10.0. The molecule has 476 valence electrons. The zero-order chi connectivity index (χ0) is 59.2. The van der Waals surface area contributed by atoms with Gasteiger partial charge in [0.2, 0.25) is 0 Å². The predicted molar refractivity (Wildman–Crippen MR) is 358 cm³/mol. The van der Waals surface area contributed by atoms with Crippen molar-refractivity contribution in [2.45, 2.75) is 380 Å². The highest BCUT2D eigenvalue weighted by Crippen LogP contribution is 2.18. The van der Waals surface area contributed by atoms with E-state index in [2.05, 4.69) is 93.7 Å². The molecular weight excluding hydrogens is 1010 g/mol. The van der Waals surface area contributed by atoms with Crippen LogP contribution in [-0.4, -0.2) is 37.2 Å². The second-order valence-electron chi connectivity index (χ2n) is 24.1. The van der Waals surface area contributed by atoms with Crippen molar-refractivity contribution in [3.8, 4) is 0 Å². The number of allylic oxidation sites excluding steroid dienone is 12. The number of rotatable bonds is 66. The summed E-state index contributed by atoms with van der Waals surface area (Å²) in [7, 11) is 0. The molecule has 6 heteroatoms. The summed E-state index contributed by atoms with van der Waals surface area (Å²) in [6.07, 6.45) is 92.3. The molecule has 0 spiro atoms. The first-order valence-corrected chi connectivity index (χ1v) is 35.9. The van der Waals surface area contributed by atoms with E-state index >= 15 is 0 Å². The van der Waals surface area contributed by atoms with Gasteiger partial charge in [0.15, 0.2) is 6.10 Å². The van der Waals surface area contributed by atoms with E-state index in [-0.39, 0.29) is 31.1 Å². The summed E-state index contributed by atoms with van der Waals surface area (Å²) in [5.41, 5.74) is 0. The minimum Gasteiger partial charge on any atom is -0.462 e. The Balaban J connectivity index is 4.22. The summed E-state index contributed by atoms with van der Waals surface area (Å²) >= 11 is 0. The van der Waals surface area contributed by atoms with Gasteiger partial charge >= 0.3 is 17.9 Å². The van der Waals surface area contributed by atoms with Crippen LogP contribution in [0, 0.1) is 0 Å². The van der Waals surface area contributed by atoms with Crippen molar-refractivity contribution in [3.05, 3.63) is 72.9 Å². The fraction of sp³-hybridized carbons (Fsp3) is 0.803. The van der Waals surface area contributed by atoms with E-state index in [1.807, 2.05) is 0 Å². The van der Waals surface area contributed by atoms with Gasteiger partial charge in [0, 0.05) is 19.3 Å². The van der Waals surface area contributed by atoms with Crippen molar-refractivity contribution in [3.63, 3.8) is 0 Å². The molecule has 0 bridgehead atoms. The first-order valence-electron chi connectivity index (χ1n) is 35.9. The first kappa shape index (κ1) is 78.8. The molecule has 0 saturated carbocycles. The zero-order valence-corrected chi connectivity index (χ0v) is 54.8. The number of hydrogen-bond acceptors (Lipinski definition) is 6. The predicted octanol–water partition coefficient (Wildman–Crippen LogP) is 24.8. The van der Waals surface area contributed by atoms with E-state index in [0.717, 1.165) is 116 Å². The van der Waals surface area contributed by atoms with E-state index in [1.54, 1.807) is 0 Å². The van der Waals surface area contributed by atoms with Crippen LogP contribution in [0.1, 0.15) is 374 Å². The minimum absolute atomic E-state index is 0.0872. The van der Waals surface area contributed by atoms with E-state index in [0.29, 0.717) is 19.3 Å². The fourth-order valence-corrected chi connectivity index (χ4v) is 10.6. The topological polar surface area (TPSA) is 78.9 Å². The molecule has 0 aromatic heterocycles. The Morgan fingerprint density at radius 3 is 0.756 bits per heavy atom. The number of ether oxygens (including phenoxy) is 3. The van der Waals surface area contributed by atoms with Gasteiger partial charge in [-0.1, -0.05) is 338 Å². The summed E-state index contributed by atoms with van der Waals surface area (Å²) in [5, 5.41) is 0. The molecule has 0 amide bonds. The van der Waals surface area contributed by atoms with Crippen molar-refractivity contribution < 1.29 is 28.6 Å². The maximum atomic E-state index is 12.9. The largest absolute Gasteiger partial charge is 0.462 e. The van der Waals surface area contributed by atoms with Gasteiger partial charge in [-0.15, -0.1) is 0 Å². The molecule has 0 radical (unpaired) electrons. The van der Waals surface area contributed by atoms with Gasteiger partial charge < -0.3 is 14.2 Å². The van der Waals surface area contributed by atoms with Gasteiger partial charge in [-0.3, -0.25) is 14.4 Å². The van der Waals surface area contributed by atoms with Crippen molar-refractivity contribution in [2.75, 3.05) is 13.2 Å². The molecule has 0 aromatic rings. The van der Waals surface area contributed by atoms with Gasteiger partial charge in [0.05, 0.1) is 0 Å². The molecule has 0 aliphatic rings. The first-order chi connectivity index (χ1) is 40.5. The van der Waals surface area contributed by atoms with Gasteiger partial charge in [-0.2, -0.15) is 0 Å². The highest BCUT2D eigenvalue weighted by molar-refractivity contribution is 5.71. The van der Waals surface area contributed by atoms with E-state index < -0.39 is 6.10 Å². The average molecular weight is 1150 g/mol. The van der Waals surface area contributed by atoms with E-state index in [9.17, 15) is 14.4 Å². The molecule has 82 heavy (non-hydrogen) atoms. The molecule has 1 atom stereocenters. The van der Waals surface area contributed by atoms with Crippen molar-refractivity contribution in [1.29, 1.82) is 0 Å². The average Bonchev–Trinajstić information content (AvgIpc) is 3.47. The second kappa shape index (κ2) is 70.3. The number of esters is 3. The summed E-state index contributed by atoms with van der Waals surface area (Å²) in [6.45, 7) is 6.53. The van der Waals surface area contributed by atoms with Gasteiger partial charge in [-0.05, 0) is 89.9 Å². The highest BCUT2D eigenvalue weighted by Gasteiger charge is 2.19.